The number of thiophene rings is 1. The Balaban J connectivity index is 1.48. The number of rotatable bonds is 4. The van der Waals surface area contributed by atoms with Crippen molar-refractivity contribution in [2.45, 2.75) is 38.6 Å². The van der Waals surface area contributed by atoms with Crippen LogP contribution < -0.4 is 10.1 Å². The molecule has 2 aliphatic rings. The highest BCUT2D eigenvalue weighted by atomic mass is 32.1. The Bertz CT molecular complexity index is 876. The Hall–Kier alpha value is -2.34. The summed E-state index contributed by atoms with van der Waals surface area (Å²) >= 11 is 1.66. The predicted octanol–water partition coefficient (Wildman–Crippen LogP) is 3.53. The Morgan fingerprint density at radius 3 is 2.96 bits per heavy atom. The molecule has 1 spiro atoms. The summed E-state index contributed by atoms with van der Waals surface area (Å²) in [7, 11) is 0. The fraction of sp³-hybridized carbons (Fsp3) is 0.400. The van der Waals surface area contributed by atoms with Crippen LogP contribution in [0.5, 0.6) is 5.75 Å². The first-order valence-corrected chi connectivity index (χ1v) is 9.80. The van der Waals surface area contributed by atoms with Crippen LogP contribution in [0.25, 0.3) is 0 Å². The predicted molar refractivity (Wildman–Crippen MR) is 101 cm³/mol. The summed E-state index contributed by atoms with van der Waals surface area (Å²) in [6, 6.07) is 7.67. The van der Waals surface area contributed by atoms with E-state index in [0.717, 1.165) is 35.3 Å². The number of nitrogens with zero attached hydrogens (tertiary/aromatic N) is 1. The minimum Gasteiger partial charge on any atom is -0.491 e. The first kappa shape index (κ1) is 17.1. The van der Waals surface area contributed by atoms with Crippen molar-refractivity contribution in [1.29, 1.82) is 0 Å². The lowest BCUT2D eigenvalue weighted by Crippen LogP contribution is -2.46. The van der Waals surface area contributed by atoms with Gasteiger partial charge in [0.2, 0.25) is 0 Å². The number of carbonyl (C=O) groups excluding carboxylic acids is 2. The van der Waals surface area contributed by atoms with Gasteiger partial charge in [0.25, 0.3) is 5.91 Å². The number of amides is 3. The molecule has 2 aromatic rings. The van der Waals surface area contributed by atoms with Gasteiger partial charge in [-0.2, -0.15) is 0 Å². The summed E-state index contributed by atoms with van der Waals surface area (Å²) in [5.41, 5.74) is 2.26. The smallest absolute Gasteiger partial charge is 0.325 e. The molecule has 1 aliphatic carbocycles. The fourth-order valence-corrected chi connectivity index (χ4v) is 4.85. The quantitative estimate of drug-likeness (QED) is 0.838. The topological polar surface area (TPSA) is 58.6 Å². The highest BCUT2D eigenvalue weighted by Crippen LogP contribution is 2.42. The van der Waals surface area contributed by atoms with Gasteiger partial charge in [0.05, 0.1) is 6.54 Å². The number of imide groups is 1. The molecule has 0 unspecified atom stereocenters. The van der Waals surface area contributed by atoms with E-state index in [1.54, 1.807) is 11.3 Å². The van der Waals surface area contributed by atoms with Gasteiger partial charge in [-0.25, -0.2) is 4.79 Å². The van der Waals surface area contributed by atoms with E-state index in [9.17, 15) is 9.59 Å². The van der Waals surface area contributed by atoms with Crippen LogP contribution in [0.15, 0.2) is 29.6 Å². The number of ether oxygens (including phenoxy) is 1. The van der Waals surface area contributed by atoms with Crippen molar-refractivity contribution in [1.82, 2.24) is 10.2 Å². The van der Waals surface area contributed by atoms with E-state index >= 15 is 0 Å². The summed E-state index contributed by atoms with van der Waals surface area (Å²) in [5, 5.41) is 4.97. The zero-order valence-electron chi connectivity index (χ0n) is 15.0. The second kappa shape index (κ2) is 6.43. The molecule has 26 heavy (non-hydrogen) atoms. The van der Waals surface area contributed by atoms with Crippen molar-refractivity contribution in [3.05, 3.63) is 51.2 Å². The number of benzene rings is 1. The SMILES string of the molecule is Cc1ccc(C)c(OCCN2C(=O)N[C@@]3(CCCc4sccc43)C2=O)c1. The van der Waals surface area contributed by atoms with Crippen LogP contribution in [-0.2, 0) is 16.8 Å². The molecule has 0 radical (unpaired) electrons. The number of aryl methyl sites for hydroxylation is 3. The molecule has 1 aliphatic heterocycles. The lowest BCUT2D eigenvalue weighted by molar-refractivity contribution is -0.132. The number of fused-ring (bicyclic) bond motifs is 2. The monoisotopic (exact) mass is 370 g/mol. The number of urea groups is 1. The largest absolute Gasteiger partial charge is 0.491 e. The number of hydrogen-bond acceptors (Lipinski definition) is 4. The number of nitrogens with one attached hydrogen (secondary N) is 1. The Labute approximate surface area is 157 Å². The summed E-state index contributed by atoms with van der Waals surface area (Å²) in [5.74, 6) is 0.649. The highest BCUT2D eigenvalue weighted by molar-refractivity contribution is 7.10. The maximum atomic E-state index is 13.1. The van der Waals surface area contributed by atoms with Gasteiger partial charge < -0.3 is 10.1 Å². The highest BCUT2D eigenvalue weighted by Gasteiger charge is 2.54. The van der Waals surface area contributed by atoms with Crippen molar-refractivity contribution in [2.75, 3.05) is 13.2 Å². The lowest BCUT2D eigenvalue weighted by atomic mass is 9.80. The van der Waals surface area contributed by atoms with Crippen LogP contribution in [-0.4, -0.2) is 30.0 Å². The van der Waals surface area contributed by atoms with Gasteiger partial charge in [-0.1, -0.05) is 12.1 Å². The third kappa shape index (κ3) is 2.69. The minimum atomic E-state index is -0.871. The van der Waals surface area contributed by atoms with Crippen molar-refractivity contribution < 1.29 is 14.3 Å². The average molecular weight is 370 g/mol. The first-order valence-electron chi connectivity index (χ1n) is 8.92. The second-order valence-corrected chi connectivity index (χ2v) is 8.02. The Kier molecular flexibility index (Phi) is 4.23. The molecule has 1 saturated heterocycles. The second-order valence-electron chi connectivity index (χ2n) is 7.02. The standard InChI is InChI=1S/C20H22N2O3S/c1-13-5-6-14(2)16(12-13)25-10-9-22-18(23)20(21-19(22)24)8-3-4-17-15(20)7-11-26-17/h5-7,11-12H,3-4,8-10H2,1-2H3,(H,21,24)/t20-/m1/s1. The van der Waals surface area contributed by atoms with Crippen molar-refractivity contribution in [3.8, 4) is 5.75 Å². The van der Waals surface area contributed by atoms with Crippen molar-refractivity contribution in [2.24, 2.45) is 0 Å². The zero-order valence-corrected chi connectivity index (χ0v) is 15.8. The van der Waals surface area contributed by atoms with Crippen LogP contribution in [0.4, 0.5) is 4.79 Å². The van der Waals surface area contributed by atoms with Crippen LogP contribution in [0.1, 0.15) is 34.4 Å². The Morgan fingerprint density at radius 2 is 2.12 bits per heavy atom. The van der Waals surface area contributed by atoms with Gasteiger partial charge in [-0.05, 0) is 61.7 Å². The van der Waals surface area contributed by atoms with Gasteiger partial charge in [-0.3, -0.25) is 9.69 Å². The third-order valence-electron chi connectivity index (χ3n) is 5.25. The van der Waals surface area contributed by atoms with Crippen LogP contribution in [0.3, 0.4) is 0 Å². The molecule has 5 nitrogen and oxygen atoms in total. The molecule has 6 heteroatoms. The van der Waals surface area contributed by atoms with E-state index in [1.165, 1.54) is 9.78 Å². The Morgan fingerprint density at radius 1 is 1.27 bits per heavy atom. The summed E-state index contributed by atoms with van der Waals surface area (Å²) in [6.45, 7) is 4.53. The van der Waals surface area contributed by atoms with Crippen LogP contribution >= 0.6 is 11.3 Å². The molecule has 0 saturated carbocycles. The molecule has 1 fully saturated rings. The van der Waals surface area contributed by atoms with E-state index in [1.807, 2.05) is 43.5 Å². The molecule has 1 atom stereocenters. The lowest BCUT2D eigenvalue weighted by Gasteiger charge is -2.31. The van der Waals surface area contributed by atoms with E-state index in [4.69, 9.17) is 4.74 Å². The zero-order chi connectivity index (χ0) is 18.3. The van der Waals surface area contributed by atoms with Crippen LogP contribution in [0.2, 0.25) is 0 Å². The van der Waals surface area contributed by atoms with Crippen LogP contribution in [0, 0.1) is 13.8 Å². The molecule has 1 aromatic heterocycles. The number of carbonyl (C=O) groups is 2. The van der Waals surface area contributed by atoms with Gasteiger partial charge in [0.15, 0.2) is 0 Å². The third-order valence-corrected chi connectivity index (χ3v) is 6.23. The molecule has 2 heterocycles. The normalized spacial score (nSPS) is 21.8. The molecule has 4 rings (SSSR count). The molecule has 1 N–H and O–H groups in total. The molecule has 1 aromatic carbocycles. The van der Waals surface area contributed by atoms with Gasteiger partial charge >= 0.3 is 6.03 Å². The number of hydrogen-bond donors (Lipinski definition) is 1. The fourth-order valence-electron chi connectivity index (χ4n) is 3.85. The summed E-state index contributed by atoms with van der Waals surface area (Å²) in [4.78, 5) is 28.1. The van der Waals surface area contributed by atoms with Crippen molar-refractivity contribution >= 4 is 23.3 Å². The van der Waals surface area contributed by atoms with E-state index < -0.39 is 5.54 Å². The molecule has 136 valence electrons. The maximum Gasteiger partial charge on any atom is 0.325 e. The maximum absolute atomic E-state index is 13.1. The van der Waals surface area contributed by atoms with Crippen molar-refractivity contribution in [3.63, 3.8) is 0 Å². The summed E-state index contributed by atoms with van der Waals surface area (Å²) in [6.07, 6.45) is 2.55. The first-order chi connectivity index (χ1) is 12.5. The van der Waals surface area contributed by atoms with E-state index in [2.05, 4.69) is 5.32 Å². The van der Waals surface area contributed by atoms with Gasteiger partial charge in [0.1, 0.15) is 17.9 Å². The van der Waals surface area contributed by atoms with E-state index in [0.29, 0.717) is 6.42 Å². The average Bonchev–Trinajstić information content (AvgIpc) is 3.18. The molecule has 0 bridgehead atoms. The molecular weight excluding hydrogens is 348 g/mol. The molecule has 3 amide bonds. The van der Waals surface area contributed by atoms with Gasteiger partial charge in [-0.15, -0.1) is 11.3 Å². The van der Waals surface area contributed by atoms with E-state index in [-0.39, 0.29) is 25.1 Å². The summed E-state index contributed by atoms with van der Waals surface area (Å²) < 4.78 is 5.83. The minimum absolute atomic E-state index is 0.147. The molecular formula is C20H22N2O3S. The van der Waals surface area contributed by atoms with Gasteiger partial charge in [0, 0.05) is 10.4 Å².